The van der Waals surface area contributed by atoms with Gasteiger partial charge in [0.25, 0.3) is 5.79 Å². The van der Waals surface area contributed by atoms with E-state index in [0.717, 1.165) is 11.1 Å². The molecule has 0 aliphatic carbocycles. The highest BCUT2D eigenvalue weighted by atomic mass is 16.7. The van der Waals surface area contributed by atoms with Crippen LogP contribution in [0.25, 0.3) is 6.08 Å². The number of hydrogen-bond acceptors (Lipinski definition) is 6. The van der Waals surface area contributed by atoms with E-state index in [9.17, 15) is 9.59 Å². The van der Waals surface area contributed by atoms with Gasteiger partial charge in [0.15, 0.2) is 11.5 Å². The molecular weight excluding hydrogens is 360 g/mol. The van der Waals surface area contributed by atoms with E-state index in [1.807, 2.05) is 31.2 Å². The Labute approximate surface area is 163 Å². The molecule has 146 valence electrons. The molecule has 1 fully saturated rings. The number of aryl methyl sites for hydroxylation is 1. The van der Waals surface area contributed by atoms with Gasteiger partial charge in [-0.1, -0.05) is 42.0 Å². The smallest absolute Gasteiger partial charge is 0.348 e. The largest absolute Gasteiger partial charge is 0.493 e. The van der Waals surface area contributed by atoms with Crippen LogP contribution in [-0.2, 0) is 25.7 Å². The Morgan fingerprint density at radius 1 is 1.00 bits per heavy atom. The molecule has 0 spiro atoms. The Balaban J connectivity index is 1.92. The van der Waals surface area contributed by atoms with Gasteiger partial charge in [-0.2, -0.15) is 0 Å². The highest BCUT2D eigenvalue weighted by molar-refractivity contribution is 6.19. The van der Waals surface area contributed by atoms with E-state index in [1.165, 1.54) is 27.0 Å². The number of cyclic esters (lactones) is 2. The van der Waals surface area contributed by atoms with Gasteiger partial charge in [-0.3, -0.25) is 0 Å². The minimum Gasteiger partial charge on any atom is -0.493 e. The normalized spacial score (nSPS) is 15.5. The van der Waals surface area contributed by atoms with Crippen LogP contribution in [0.1, 0.15) is 30.5 Å². The summed E-state index contributed by atoms with van der Waals surface area (Å²) in [5, 5.41) is 0. The number of carbonyl (C=O) groups excluding carboxylic acids is 2. The van der Waals surface area contributed by atoms with E-state index in [-0.39, 0.29) is 5.57 Å². The van der Waals surface area contributed by atoms with Gasteiger partial charge in [0.05, 0.1) is 7.11 Å². The van der Waals surface area contributed by atoms with Gasteiger partial charge < -0.3 is 18.9 Å². The molecule has 2 aromatic carbocycles. The van der Waals surface area contributed by atoms with Gasteiger partial charge in [-0.25, -0.2) is 9.59 Å². The summed E-state index contributed by atoms with van der Waals surface area (Å²) in [6.45, 7) is 5.32. The Morgan fingerprint density at radius 2 is 1.64 bits per heavy atom. The second kappa shape index (κ2) is 7.76. The average molecular weight is 382 g/mol. The molecule has 1 aliphatic rings. The number of hydrogen-bond donors (Lipinski definition) is 0. The van der Waals surface area contributed by atoms with Crippen molar-refractivity contribution in [3.8, 4) is 11.5 Å². The second-order valence-electron chi connectivity index (χ2n) is 6.89. The van der Waals surface area contributed by atoms with Crippen LogP contribution in [0.5, 0.6) is 11.5 Å². The maximum absolute atomic E-state index is 12.2. The number of carbonyl (C=O) groups is 2. The maximum Gasteiger partial charge on any atom is 0.348 e. The summed E-state index contributed by atoms with van der Waals surface area (Å²) < 4.78 is 21.6. The minimum absolute atomic E-state index is 0.201. The van der Waals surface area contributed by atoms with Crippen LogP contribution in [0.3, 0.4) is 0 Å². The summed E-state index contributed by atoms with van der Waals surface area (Å²) in [7, 11) is 1.52. The van der Waals surface area contributed by atoms with Crippen molar-refractivity contribution in [1.29, 1.82) is 0 Å². The Bertz CT molecular complexity index is 903. The number of methoxy groups -OCH3 is 1. The monoisotopic (exact) mass is 382 g/mol. The van der Waals surface area contributed by atoms with Crippen molar-refractivity contribution in [2.24, 2.45) is 0 Å². The van der Waals surface area contributed by atoms with Crippen LogP contribution in [-0.4, -0.2) is 24.8 Å². The number of esters is 2. The SMILES string of the molecule is COc1cccc(C=C2C(=O)OC(C)(C)OC2=O)c1OCc1ccc(C)cc1. The fourth-order valence-corrected chi connectivity index (χ4v) is 2.74. The van der Waals surface area contributed by atoms with Gasteiger partial charge in [-0.05, 0) is 24.6 Å². The minimum atomic E-state index is -1.29. The first-order valence-electron chi connectivity index (χ1n) is 8.83. The van der Waals surface area contributed by atoms with Crippen molar-refractivity contribution in [2.45, 2.75) is 33.2 Å². The van der Waals surface area contributed by atoms with Gasteiger partial charge in [0.2, 0.25) is 0 Å². The second-order valence-corrected chi connectivity index (χ2v) is 6.89. The molecule has 0 radical (unpaired) electrons. The Hall–Kier alpha value is -3.28. The van der Waals surface area contributed by atoms with E-state index in [2.05, 4.69) is 0 Å². The van der Waals surface area contributed by atoms with Crippen LogP contribution in [0.4, 0.5) is 0 Å². The first-order valence-corrected chi connectivity index (χ1v) is 8.83. The first kappa shape index (κ1) is 19.5. The molecule has 2 aromatic rings. The number of rotatable bonds is 5. The third kappa shape index (κ3) is 4.34. The molecule has 1 aliphatic heterocycles. The summed E-state index contributed by atoms with van der Waals surface area (Å²) >= 11 is 0. The fraction of sp³-hybridized carbons (Fsp3) is 0.273. The van der Waals surface area contributed by atoms with Crippen LogP contribution in [0, 0.1) is 6.92 Å². The summed E-state index contributed by atoms with van der Waals surface area (Å²) in [5.74, 6) is -1.87. The topological polar surface area (TPSA) is 71.1 Å². The average Bonchev–Trinajstić information content (AvgIpc) is 2.63. The van der Waals surface area contributed by atoms with Crippen molar-refractivity contribution in [2.75, 3.05) is 7.11 Å². The standard InChI is InChI=1S/C22H22O6/c1-14-8-10-15(11-9-14)13-26-19-16(6-5-7-18(19)25-4)12-17-20(23)27-22(2,3)28-21(17)24/h5-12H,13H2,1-4H3. The third-order valence-corrected chi connectivity index (χ3v) is 4.15. The van der Waals surface area contributed by atoms with Crippen molar-refractivity contribution in [3.63, 3.8) is 0 Å². The predicted octanol–water partition coefficient (Wildman–Crippen LogP) is 3.80. The van der Waals surface area contributed by atoms with Crippen molar-refractivity contribution in [1.82, 2.24) is 0 Å². The lowest BCUT2D eigenvalue weighted by atomic mass is 10.1. The lowest BCUT2D eigenvalue weighted by molar-refractivity contribution is -0.222. The maximum atomic E-state index is 12.2. The predicted molar refractivity (Wildman–Crippen MR) is 103 cm³/mol. The molecule has 3 rings (SSSR count). The van der Waals surface area contributed by atoms with E-state index in [4.69, 9.17) is 18.9 Å². The molecule has 0 aromatic heterocycles. The third-order valence-electron chi connectivity index (χ3n) is 4.15. The lowest BCUT2D eigenvalue weighted by Crippen LogP contribution is -2.41. The van der Waals surface area contributed by atoms with E-state index < -0.39 is 17.7 Å². The molecule has 1 saturated heterocycles. The molecule has 0 amide bonds. The number of benzene rings is 2. The summed E-state index contributed by atoms with van der Waals surface area (Å²) in [4.78, 5) is 24.5. The molecule has 0 atom stereocenters. The van der Waals surface area contributed by atoms with E-state index >= 15 is 0 Å². The molecule has 0 bridgehead atoms. The van der Waals surface area contributed by atoms with Gasteiger partial charge in [0, 0.05) is 19.4 Å². The van der Waals surface area contributed by atoms with Crippen LogP contribution in [0.2, 0.25) is 0 Å². The molecule has 0 N–H and O–H groups in total. The van der Waals surface area contributed by atoms with Gasteiger partial charge in [0.1, 0.15) is 12.2 Å². The van der Waals surface area contributed by atoms with Crippen molar-refractivity contribution in [3.05, 3.63) is 64.7 Å². The fourth-order valence-electron chi connectivity index (χ4n) is 2.74. The van der Waals surface area contributed by atoms with E-state index in [0.29, 0.717) is 23.7 Å². The Kier molecular flexibility index (Phi) is 5.40. The molecular formula is C22H22O6. The number of para-hydroxylation sites is 1. The Morgan fingerprint density at radius 3 is 2.25 bits per heavy atom. The van der Waals surface area contributed by atoms with Crippen LogP contribution >= 0.6 is 0 Å². The molecule has 1 heterocycles. The van der Waals surface area contributed by atoms with Crippen LogP contribution in [0.15, 0.2) is 48.0 Å². The lowest BCUT2D eigenvalue weighted by Gasteiger charge is -2.29. The zero-order chi connectivity index (χ0) is 20.3. The van der Waals surface area contributed by atoms with E-state index in [1.54, 1.807) is 18.2 Å². The van der Waals surface area contributed by atoms with Gasteiger partial charge >= 0.3 is 11.9 Å². The zero-order valence-electron chi connectivity index (χ0n) is 16.3. The van der Waals surface area contributed by atoms with Crippen LogP contribution < -0.4 is 9.47 Å². The van der Waals surface area contributed by atoms with Gasteiger partial charge in [-0.15, -0.1) is 0 Å². The molecule has 0 unspecified atom stereocenters. The highest BCUT2D eigenvalue weighted by Gasteiger charge is 2.39. The summed E-state index contributed by atoms with van der Waals surface area (Å²) in [6, 6.07) is 13.2. The molecule has 6 heteroatoms. The zero-order valence-corrected chi connectivity index (χ0v) is 16.3. The number of ether oxygens (including phenoxy) is 4. The molecule has 0 saturated carbocycles. The highest BCUT2D eigenvalue weighted by Crippen LogP contribution is 2.34. The molecule has 6 nitrogen and oxygen atoms in total. The molecule has 28 heavy (non-hydrogen) atoms. The first-order chi connectivity index (χ1) is 13.3. The van der Waals surface area contributed by atoms with Crippen molar-refractivity contribution < 1.29 is 28.5 Å². The summed E-state index contributed by atoms with van der Waals surface area (Å²) in [5.41, 5.74) is 2.44. The van der Waals surface area contributed by atoms with Crippen molar-refractivity contribution >= 4 is 18.0 Å². The quantitative estimate of drug-likeness (QED) is 0.445. The summed E-state index contributed by atoms with van der Waals surface area (Å²) in [6.07, 6.45) is 1.40.